The maximum Gasteiger partial charge on any atom is 0.337 e. The van der Waals surface area contributed by atoms with Gasteiger partial charge in [-0.05, 0) is 117 Å². The lowest BCUT2D eigenvalue weighted by Crippen LogP contribution is -2.82. The zero-order chi connectivity index (χ0) is 57.2. The molecule has 2 N–H and O–H groups in total. The molecule has 5 aliphatic rings. The summed E-state index contributed by atoms with van der Waals surface area (Å²) in [4.78, 5) is 75.7. The van der Waals surface area contributed by atoms with E-state index in [1.807, 2.05) is 64.1 Å². The van der Waals surface area contributed by atoms with Crippen molar-refractivity contribution in [2.75, 3.05) is 6.61 Å². The highest BCUT2D eigenvalue weighted by Gasteiger charge is 2.79. The summed E-state index contributed by atoms with van der Waals surface area (Å²) >= 11 is 0. The molecule has 1 aromatic carbocycles. The molecule has 2 saturated carbocycles. The van der Waals surface area contributed by atoms with E-state index in [0.717, 1.165) is 31.0 Å². The monoisotopic (exact) mass is 1120 g/mol. The summed E-state index contributed by atoms with van der Waals surface area (Å²) in [6.07, 6.45) is 0.324. The lowest BCUT2D eigenvalue weighted by molar-refractivity contribution is -0.346. The van der Waals surface area contributed by atoms with Gasteiger partial charge in [0.25, 0.3) is 0 Å². The van der Waals surface area contributed by atoms with Crippen LogP contribution in [-0.2, 0) is 56.2 Å². The standard InChI is InChI=1S/C60H97NO13Si3/c1-17-76(18-2,19-3)72-44-37-45-59(39-68-45,71-41(8)62)52-54-60(67)38-43(40(7)48(57(60,12)13)50(53(65)58(44,52)14)74-77(20-4,21-5)22-6)69-55(66)51(73-75(15,16)56(9,10)11)49(42-33-29-28-30-34-42)61-46(63)35-31-26-24-23-25-27-32-36-47(64)70-54/h23,25,28-30,33-34,43-45,49-52,54,67H,17-22,24,26-27,31-32,35-39H2,1-16H3,(H,61,63)/b25-23+/t43-,44-,45+,49-,50+,51+,52-,54-,58+,59-,60+/m0/s1. The Morgan fingerprint density at radius 1 is 0.805 bits per heavy atom. The molecule has 2 aliphatic heterocycles. The number of Topliss-reactive ketones (excluding diaryl/α,β-unsaturated/α-hetero) is 1. The number of fused-ring (bicyclic) bond motifs is 6. The Kier molecular flexibility index (Phi) is 19.9. The van der Waals surface area contributed by atoms with Crippen LogP contribution in [0.1, 0.15) is 166 Å². The van der Waals surface area contributed by atoms with E-state index in [-0.39, 0.29) is 49.0 Å². The predicted octanol–water partition coefficient (Wildman–Crippen LogP) is 11.9. The molecule has 432 valence electrons. The normalized spacial score (nSPS) is 33.4. The van der Waals surface area contributed by atoms with Gasteiger partial charge in [0.1, 0.15) is 30.0 Å². The third-order valence-electron chi connectivity index (χ3n) is 19.9. The average Bonchev–Trinajstić information content (AvgIpc) is 3.37. The molecule has 3 fully saturated rings. The first-order chi connectivity index (χ1) is 36.1. The topological polar surface area (TPSA) is 182 Å². The van der Waals surface area contributed by atoms with Gasteiger partial charge in [-0.15, -0.1) is 0 Å². The molecule has 1 aromatic rings. The van der Waals surface area contributed by atoms with Crippen molar-refractivity contribution in [3.8, 4) is 0 Å². The second kappa shape index (κ2) is 24.4. The number of amides is 1. The molecule has 6 rings (SSSR count). The van der Waals surface area contributed by atoms with Crippen molar-refractivity contribution < 1.29 is 61.3 Å². The molecule has 0 aromatic heterocycles. The van der Waals surface area contributed by atoms with E-state index in [1.54, 1.807) is 0 Å². The van der Waals surface area contributed by atoms with Crippen LogP contribution in [0.3, 0.4) is 0 Å². The Morgan fingerprint density at radius 3 is 1.94 bits per heavy atom. The average molecular weight is 1120 g/mol. The molecule has 1 saturated heterocycles. The molecule has 17 heteroatoms. The lowest BCUT2D eigenvalue weighted by Gasteiger charge is -2.68. The smallest absolute Gasteiger partial charge is 0.337 e. The number of hydrogen-bond donors (Lipinski definition) is 2. The first-order valence-corrected chi connectivity index (χ1v) is 37.2. The minimum atomic E-state index is -2.85. The minimum absolute atomic E-state index is 0.0102. The van der Waals surface area contributed by atoms with Crippen LogP contribution in [0.5, 0.6) is 0 Å². The molecule has 0 spiro atoms. The summed E-state index contributed by atoms with van der Waals surface area (Å²) in [6.45, 7) is 31.7. The molecule has 3 bridgehead atoms. The van der Waals surface area contributed by atoms with Crippen LogP contribution in [0.4, 0.5) is 0 Å². The van der Waals surface area contributed by atoms with Crippen molar-refractivity contribution in [2.24, 2.45) is 16.7 Å². The van der Waals surface area contributed by atoms with Crippen LogP contribution in [0.15, 0.2) is 53.6 Å². The molecular weight excluding hydrogens is 1030 g/mol. The first-order valence-electron chi connectivity index (χ1n) is 29.3. The van der Waals surface area contributed by atoms with E-state index in [0.29, 0.717) is 54.1 Å². The molecule has 0 unspecified atom stereocenters. The maximum atomic E-state index is 17.2. The largest absolute Gasteiger partial charge is 0.459 e. The van der Waals surface area contributed by atoms with Crippen molar-refractivity contribution in [1.82, 2.24) is 5.32 Å². The minimum Gasteiger partial charge on any atom is -0.459 e. The van der Waals surface area contributed by atoms with Crippen LogP contribution in [0.2, 0.25) is 54.4 Å². The number of rotatable bonds is 14. The highest BCUT2D eigenvalue weighted by Crippen LogP contribution is 2.65. The highest BCUT2D eigenvalue weighted by molar-refractivity contribution is 6.74. The van der Waals surface area contributed by atoms with E-state index < -0.39 is 113 Å². The van der Waals surface area contributed by atoms with E-state index in [4.69, 9.17) is 32.2 Å². The molecule has 2 heterocycles. The number of nitrogens with one attached hydrogen (secondary N) is 1. The molecule has 0 radical (unpaired) electrons. The lowest BCUT2D eigenvalue weighted by atomic mass is 9.44. The molecule has 77 heavy (non-hydrogen) atoms. The Bertz CT molecular complexity index is 2320. The number of aliphatic hydroxyl groups is 1. The van der Waals surface area contributed by atoms with Gasteiger partial charge in [0, 0.05) is 38.0 Å². The molecule has 3 aliphatic carbocycles. The third-order valence-corrected chi connectivity index (χ3v) is 33.7. The summed E-state index contributed by atoms with van der Waals surface area (Å²) in [7, 11) is -8.21. The Labute approximate surface area is 464 Å². The van der Waals surface area contributed by atoms with Crippen molar-refractivity contribution >= 4 is 54.6 Å². The predicted molar refractivity (Wildman–Crippen MR) is 306 cm³/mol. The van der Waals surface area contributed by atoms with Gasteiger partial charge in [-0.25, -0.2) is 4.79 Å². The number of hydrogen-bond acceptors (Lipinski definition) is 13. The summed E-state index contributed by atoms with van der Waals surface area (Å²) in [5.41, 5.74) is -5.09. The summed E-state index contributed by atoms with van der Waals surface area (Å²) in [6, 6.07) is 12.8. The van der Waals surface area contributed by atoms with Crippen molar-refractivity contribution in [1.29, 1.82) is 0 Å². The zero-order valence-electron chi connectivity index (χ0n) is 49.8. The van der Waals surface area contributed by atoms with Crippen molar-refractivity contribution in [3.63, 3.8) is 0 Å². The Hall–Kier alpha value is -3.30. The fraction of sp³-hybridized carbons (Fsp3) is 0.750. The molecule has 14 nitrogen and oxygen atoms in total. The zero-order valence-corrected chi connectivity index (χ0v) is 52.8. The van der Waals surface area contributed by atoms with E-state index in [9.17, 15) is 19.5 Å². The second-order valence-corrected chi connectivity index (χ2v) is 39.6. The van der Waals surface area contributed by atoms with Crippen LogP contribution >= 0.6 is 0 Å². The number of ketones is 1. The molecule has 11 atom stereocenters. The van der Waals surface area contributed by atoms with Crippen LogP contribution < -0.4 is 5.32 Å². The summed E-state index contributed by atoms with van der Waals surface area (Å²) < 4.78 is 49.3. The van der Waals surface area contributed by atoms with Crippen molar-refractivity contribution in [2.45, 2.75) is 263 Å². The summed E-state index contributed by atoms with van der Waals surface area (Å²) in [5, 5.41) is 17.5. The Balaban J connectivity index is 1.72. The van der Waals surface area contributed by atoms with E-state index in [1.165, 1.54) is 6.92 Å². The van der Waals surface area contributed by atoms with Gasteiger partial charge >= 0.3 is 17.9 Å². The van der Waals surface area contributed by atoms with Gasteiger partial charge in [0.2, 0.25) is 5.91 Å². The van der Waals surface area contributed by atoms with Crippen LogP contribution in [-0.4, -0.2) is 114 Å². The van der Waals surface area contributed by atoms with Gasteiger partial charge < -0.3 is 42.6 Å². The number of esters is 3. The number of benzene rings is 1. The first kappa shape index (κ1) is 62.9. The third kappa shape index (κ3) is 12.0. The number of ether oxygens (including phenoxy) is 4. The van der Waals surface area contributed by atoms with Gasteiger partial charge in [0.05, 0.1) is 30.1 Å². The number of carbonyl (C=O) groups is 5. The Morgan fingerprint density at radius 2 is 1.39 bits per heavy atom. The number of carbonyl (C=O) groups excluding carboxylic acids is 5. The van der Waals surface area contributed by atoms with E-state index in [2.05, 4.69) is 86.8 Å². The van der Waals surface area contributed by atoms with Crippen LogP contribution in [0, 0.1) is 16.7 Å². The second-order valence-electron chi connectivity index (χ2n) is 25.4. The fourth-order valence-corrected chi connectivity index (χ4v) is 20.2. The van der Waals surface area contributed by atoms with Crippen molar-refractivity contribution in [3.05, 3.63) is 59.2 Å². The maximum absolute atomic E-state index is 17.2. The van der Waals surface area contributed by atoms with Gasteiger partial charge in [-0.3, -0.25) is 19.2 Å². The summed E-state index contributed by atoms with van der Waals surface area (Å²) in [5.74, 6) is -3.75. The SMILES string of the molecule is CC[Si](CC)(CC)O[C@H]1C(=O)[C@]2(C)[C@@H](O[Si](CC)(CC)CC)C[C@H]3OC[C@@]3(OC(C)=O)[C@H]2[C@@H]2OC(=O)CCC/C=C/CCCCC(=O)N[C@@H](c3ccccc3)[C@@H](O[Si](C)(C)C(C)(C)C)C(=O)O[C@H]3C[C@]2(O)C(C)(C)C1=C3C. The fourth-order valence-electron chi connectivity index (χ4n) is 13.3. The van der Waals surface area contributed by atoms with Crippen LogP contribution in [0.25, 0.3) is 0 Å². The highest BCUT2D eigenvalue weighted by atomic mass is 28.4. The molecular formula is C60H97NO13Si3. The van der Waals surface area contributed by atoms with E-state index >= 15 is 9.59 Å². The quantitative estimate of drug-likeness (QED) is 0.0778. The van der Waals surface area contributed by atoms with Gasteiger partial charge in [-0.1, -0.05) is 119 Å². The number of allylic oxidation sites excluding steroid dienone is 2. The van der Waals surface area contributed by atoms with Gasteiger partial charge in [0.15, 0.2) is 42.4 Å². The molecule has 1 amide bonds. The van der Waals surface area contributed by atoms with Gasteiger partial charge in [-0.2, -0.15) is 0 Å².